The maximum Gasteiger partial charge on any atom is 0.250 e. The van der Waals surface area contributed by atoms with Gasteiger partial charge in [-0.2, -0.15) is 0 Å². The Morgan fingerprint density at radius 1 is 0.973 bits per heavy atom. The third kappa shape index (κ3) is 2.93. The van der Waals surface area contributed by atoms with Crippen LogP contribution in [0.15, 0.2) is 72.9 Å². The molecule has 3 aliphatic heterocycles. The van der Waals surface area contributed by atoms with Gasteiger partial charge in [-0.1, -0.05) is 35.9 Å². The number of nitrogens with one attached hydrogen (secondary N) is 3. The number of nitrogens with zero attached hydrogens (tertiary/aromatic N) is 1. The number of benzene rings is 3. The van der Waals surface area contributed by atoms with Crippen LogP contribution in [0, 0.1) is 24.6 Å². The average molecular weight is 495 g/mol. The van der Waals surface area contributed by atoms with E-state index >= 15 is 0 Å². The molecule has 7 nitrogen and oxygen atoms in total. The number of H-pyrrole nitrogens is 1. The number of carbonyl (C=O) groups is 3. The van der Waals surface area contributed by atoms with Gasteiger partial charge >= 0.3 is 0 Å². The SMILES string of the molecule is Cc1ccc2c(c1)C1(NC(Cc3c[nH]c4ccccc34)C3C(=O)N(c4ccc(F)cc4)C(=O)C31)C(=O)N2. The summed E-state index contributed by atoms with van der Waals surface area (Å²) in [5, 5.41) is 7.46. The van der Waals surface area contributed by atoms with Gasteiger partial charge in [-0.15, -0.1) is 0 Å². The van der Waals surface area contributed by atoms with Crippen LogP contribution in [0.25, 0.3) is 10.9 Å². The van der Waals surface area contributed by atoms with Crippen molar-refractivity contribution >= 4 is 40.0 Å². The molecular formula is C29H23FN4O3. The first-order chi connectivity index (χ1) is 17.9. The highest BCUT2D eigenvalue weighted by atomic mass is 19.1. The lowest BCUT2D eigenvalue weighted by Crippen LogP contribution is -2.53. The van der Waals surface area contributed by atoms with E-state index in [0.29, 0.717) is 23.4 Å². The molecule has 0 radical (unpaired) electrons. The normalized spacial score (nSPS) is 26.3. The molecule has 0 aliphatic carbocycles. The molecule has 3 aromatic carbocycles. The van der Waals surface area contributed by atoms with Gasteiger partial charge in [-0.05, 0) is 55.3 Å². The maximum atomic E-state index is 14.0. The van der Waals surface area contributed by atoms with E-state index in [9.17, 15) is 18.8 Å². The molecule has 0 saturated carbocycles. The Bertz CT molecular complexity index is 1630. The van der Waals surface area contributed by atoms with Crippen LogP contribution in [0.4, 0.5) is 15.8 Å². The molecule has 3 aliphatic rings. The molecule has 3 amide bonds. The molecule has 37 heavy (non-hydrogen) atoms. The van der Waals surface area contributed by atoms with Crippen molar-refractivity contribution < 1.29 is 18.8 Å². The van der Waals surface area contributed by atoms with E-state index in [1.165, 1.54) is 24.3 Å². The lowest BCUT2D eigenvalue weighted by Gasteiger charge is -2.29. The Balaban J connectivity index is 1.38. The largest absolute Gasteiger partial charge is 0.361 e. The number of aromatic amines is 1. The number of anilines is 2. The molecule has 1 aromatic heterocycles. The fourth-order valence-electron chi connectivity index (χ4n) is 6.47. The van der Waals surface area contributed by atoms with E-state index in [1.807, 2.05) is 55.6 Å². The van der Waals surface area contributed by atoms with Crippen molar-refractivity contribution in [2.24, 2.45) is 11.8 Å². The van der Waals surface area contributed by atoms with Gasteiger partial charge in [0.05, 0.1) is 17.5 Å². The zero-order valence-corrected chi connectivity index (χ0v) is 19.9. The summed E-state index contributed by atoms with van der Waals surface area (Å²) < 4.78 is 13.6. The summed E-state index contributed by atoms with van der Waals surface area (Å²) >= 11 is 0. The third-order valence-electron chi connectivity index (χ3n) is 8.07. The molecule has 0 bridgehead atoms. The van der Waals surface area contributed by atoms with Gasteiger partial charge in [-0.25, -0.2) is 9.29 Å². The van der Waals surface area contributed by atoms with Gasteiger partial charge in [0.15, 0.2) is 0 Å². The lowest BCUT2D eigenvalue weighted by molar-refractivity contribution is -0.130. The minimum Gasteiger partial charge on any atom is -0.361 e. The van der Waals surface area contributed by atoms with Crippen LogP contribution >= 0.6 is 0 Å². The predicted molar refractivity (Wildman–Crippen MR) is 136 cm³/mol. The molecule has 4 unspecified atom stereocenters. The third-order valence-corrected chi connectivity index (χ3v) is 8.07. The number of halogens is 1. The molecule has 1 spiro atoms. The smallest absolute Gasteiger partial charge is 0.250 e. The van der Waals surface area contributed by atoms with Crippen molar-refractivity contribution in [2.45, 2.75) is 24.9 Å². The number of carbonyl (C=O) groups excluding carboxylic acids is 3. The van der Waals surface area contributed by atoms with Crippen molar-refractivity contribution in [1.29, 1.82) is 0 Å². The Kier molecular flexibility index (Phi) is 4.51. The van der Waals surface area contributed by atoms with Crippen LogP contribution in [-0.2, 0) is 26.3 Å². The Labute approximate surface area is 211 Å². The number of amides is 3. The highest BCUT2D eigenvalue weighted by molar-refractivity contribution is 6.25. The lowest BCUT2D eigenvalue weighted by atomic mass is 9.76. The molecule has 184 valence electrons. The molecule has 2 saturated heterocycles. The number of para-hydroxylation sites is 1. The minimum atomic E-state index is -1.38. The standard InChI is InChI=1S/C29H23FN4O3/c1-15-6-11-22-20(12-15)29(28(37)32-22)25-24(26(35)34(27(25)36)18-9-7-17(30)8-10-18)23(33-29)13-16-14-31-21-5-3-2-4-19(16)21/h2-12,14,23-25,31,33H,13H2,1H3,(H,32,37). The van der Waals surface area contributed by atoms with Gasteiger partial charge in [0.1, 0.15) is 11.4 Å². The number of hydrogen-bond acceptors (Lipinski definition) is 4. The topological polar surface area (TPSA) is 94.3 Å². The summed E-state index contributed by atoms with van der Waals surface area (Å²) in [6, 6.07) is 18.4. The Morgan fingerprint density at radius 2 is 1.76 bits per heavy atom. The predicted octanol–water partition coefficient (Wildman–Crippen LogP) is 3.78. The molecule has 8 heteroatoms. The molecule has 2 fully saturated rings. The highest BCUT2D eigenvalue weighted by Crippen LogP contribution is 2.54. The van der Waals surface area contributed by atoms with Crippen LogP contribution < -0.4 is 15.5 Å². The Morgan fingerprint density at radius 3 is 2.57 bits per heavy atom. The molecule has 4 aromatic rings. The van der Waals surface area contributed by atoms with E-state index in [2.05, 4.69) is 15.6 Å². The summed E-state index contributed by atoms with van der Waals surface area (Å²) in [5.41, 5.74) is 3.14. The number of aryl methyl sites for hydroxylation is 1. The molecular weight excluding hydrogens is 471 g/mol. The van der Waals surface area contributed by atoms with Gasteiger partial charge in [0.2, 0.25) is 17.7 Å². The van der Waals surface area contributed by atoms with E-state index in [-0.39, 0.29) is 11.8 Å². The van der Waals surface area contributed by atoms with Gasteiger partial charge < -0.3 is 10.3 Å². The fourth-order valence-corrected chi connectivity index (χ4v) is 6.47. The van der Waals surface area contributed by atoms with E-state index in [1.54, 1.807) is 0 Å². The maximum absolute atomic E-state index is 14.0. The van der Waals surface area contributed by atoms with Crippen LogP contribution in [0.1, 0.15) is 16.7 Å². The van der Waals surface area contributed by atoms with Crippen LogP contribution in [0.3, 0.4) is 0 Å². The monoisotopic (exact) mass is 494 g/mol. The molecule has 4 heterocycles. The number of rotatable bonds is 3. The van der Waals surface area contributed by atoms with Gasteiger partial charge in [0.25, 0.3) is 0 Å². The van der Waals surface area contributed by atoms with Gasteiger partial charge in [0, 0.05) is 34.4 Å². The van der Waals surface area contributed by atoms with E-state index in [4.69, 9.17) is 0 Å². The van der Waals surface area contributed by atoms with E-state index < -0.39 is 35.1 Å². The minimum absolute atomic E-state index is 0.301. The van der Waals surface area contributed by atoms with Crippen molar-refractivity contribution in [1.82, 2.24) is 10.3 Å². The van der Waals surface area contributed by atoms with Crippen molar-refractivity contribution in [2.75, 3.05) is 10.2 Å². The van der Waals surface area contributed by atoms with Crippen LogP contribution in [-0.4, -0.2) is 28.7 Å². The molecule has 4 atom stereocenters. The van der Waals surface area contributed by atoms with E-state index in [0.717, 1.165) is 26.9 Å². The van der Waals surface area contributed by atoms with Crippen molar-refractivity contribution in [3.63, 3.8) is 0 Å². The van der Waals surface area contributed by atoms with Crippen molar-refractivity contribution in [3.05, 3.63) is 95.4 Å². The highest BCUT2D eigenvalue weighted by Gasteiger charge is 2.70. The second-order valence-electron chi connectivity index (χ2n) is 10.1. The molecule has 7 rings (SSSR count). The first-order valence-corrected chi connectivity index (χ1v) is 12.3. The molecule has 3 N–H and O–H groups in total. The summed E-state index contributed by atoms with van der Waals surface area (Å²) in [7, 11) is 0. The summed E-state index contributed by atoms with van der Waals surface area (Å²) in [5.74, 6) is -3.36. The number of hydrogen-bond donors (Lipinski definition) is 3. The Hall–Kier alpha value is -4.30. The summed E-state index contributed by atoms with van der Waals surface area (Å²) in [6.45, 7) is 1.93. The fraction of sp³-hybridized carbons (Fsp3) is 0.207. The second-order valence-corrected chi connectivity index (χ2v) is 10.1. The number of aromatic nitrogens is 1. The summed E-state index contributed by atoms with van der Waals surface area (Å²) in [4.78, 5) is 46.1. The van der Waals surface area contributed by atoms with Crippen LogP contribution in [0.2, 0.25) is 0 Å². The average Bonchev–Trinajstić information content (AvgIpc) is 3.59. The summed E-state index contributed by atoms with van der Waals surface area (Å²) in [6.07, 6.45) is 2.36. The number of imide groups is 1. The first-order valence-electron chi connectivity index (χ1n) is 12.3. The van der Waals surface area contributed by atoms with Crippen molar-refractivity contribution in [3.8, 4) is 0 Å². The first kappa shape index (κ1) is 21.9. The van der Waals surface area contributed by atoms with Gasteiger partial charge in [-0.3, -0.25) is 19.7 Å². The number of fused-ring (bicyclic) bond motifs is 5. The zero-order chi connectivity index (χ0) is 25.5. The van der Waals surface area contributed by atoms with Crippen LogP contribution in [0.5, 0.6) is 0 Å². The second kappa shape index (κ2) is 7.60. The zero-order valence-electron chi connectivity index (χ0n) is 19.9. The quantitative estimate of drug-likeness (QED) is 0.378.